The second-order valence-electron chi connectivity index (χ2n) is 4.45. The third-order valence-electron chi connectivity index (χ3n) is 2.74. The molecule has 1 unspecified atom stereocenters. The van der Waals surface area contributed by atoms with Gasteiger partial charge in [-0.2, -0.15) is 0 Å². The minimum atomic E-state index is -0.472. The normalized spacial score (nSPS) is 12.8. The van der Waals surface area contributed by atoms with E-state index in [0.29, 0.717) is 12.3 Å². The van der Waals surface area contributed by atoms with Crippen LogP contribution in [0.4, 0.5) is 5.69 Å². The average Bonchev–Trinajstić information content (AvgIpc) is 2.22. The van der Waals surface area contributed by atoms with Crippen LogP contribution in [0.1, 0.15) is 25.0 Å². The summed E-state index contributed by atoms with van der Waals surface area (Å²) in [5.74, 6) is 0.352. The molecule has 1 aromatic carbocycles. The lowest BCUT2D eigenvalue weighted by molar-refractivity contribution is -0.384. The summed E-state index contributed by atoms with van der Waals surface area (Å²) >= 11 is 12.1. The van der Waals surface area contributed by atoms with E-state index in [9.17, 15) is 10.1 Å². The van der Waals surface area contributed by atoms with Gasteiger partial charge in [-0.3, -0.25) is 10.1 Å². The summed E-state index contributed by atoms with van der Waals surface area (Å²) < 4.78 is 0. The lowest BCUT2D eigenvalue weighted by Gasteiger charge is -2.15. The quantitative estimate of drug-likeness (QED) is 0.465. The molecular weight excluding hydrogens is 261 g/mol. The molecule has 0 aliphatic rings. The first-order valence-corrected chi connectivity index (χ1v) is 6.21. The van der Waals surface area contributed by atoms with Crippen LogP contribution in [0.5, 0.6) is 0 Å². The van der Waals surface area contributed by atoms with E-state index in [1.54, 1.807) is 6.07 Å². The fourth-order valence-electron chi connectivity index (χ4n) is 1.51. The van der Waals surface area contributed by atoms with Gasteiger partial charge in [-0.25, -0.2) is 0 Å². The van der Waals surface area contributed by atoms with E-state index >= 15 is 0 Å². The smallest absolute Gasteiger partial charge is 0.258 e. The SMILES string of the molecule is Cc1cc([N+](=O)[O-])c(Cl)cc1CC(Cl)C(C)C. The Balaban J connectivity index is 3.03. The van der Waals surface area contributed by atoms with Gasteiger partial charge in [-0.05, 0) is 36.5 Å². The molecule has 1 rings (SSSR count). The van der Waals surface area contributed by atoms with Crippen LogP contribution >= 0.6 is 23.2 Å². The molecule has 0 aliphatic heterocycles. The van der Waals surface area contributed by atoms with Crippen LogP contribution in [-0.2, 0) is 6.42 Å². The van der Waals surface area contributed by atoms with Crippen molar-refractivity contribution in [2.24, 2.45) is 5.92 Å². The molecule has 3 nitrogen and oxygen atoms in total. The van der Waals surface area contributed by atoms with Gasteiger partial charge in [0.2, 0.25) is 0 Å². The summed E-state index contributed by atoms with van der Waals surface area (Å²) in [7, 11) is 0. The maximum atomic E-state index is 10.7. The molecule has 0 aliphatic carbocycles. The van der Waals surface area contributed by atoms with Crippen molar-refractivity contribution in [1.29, 1.82) is 0 Å². The molecule has 1 aromatic rings. The number of alkyl halides is 1. The first-order chi connectivity index (χ1) is 7.82. The minimum absolute atomic E-state index is 0.00576. The van der Waals surface area contributed by atoms with Crippen molar-refractivity contribution in [3.8, 4) is 0 Å². The molecule has 0 saturated carbocycles. The molecular formula is C12H15Cl2NO2. The summed E-state index contributed by atoms with van der Waals surface area (Å²) in [6, 6.07) is 3.15. The van der Waals surface area contributed by atoms with Gasteiger partial charge in [0.1, 0.15) is 5.02 Å². The monoisotopic (exact) mass is 275 g/mol. The van der Waals surface area contributed by atoms with Crippen LogP contribution in [0.15, 0.2) is 12.1 Å². The topological polar surface area (TPSA) is 43.1 Å². The Kier molecular flexibility index (Phi) is 4.78. The largest absolute Gasteiger partial charge is 0.288 e. The van der Waals surface area contributed by atoms with Crippen molar-refractivity contribution in [1.82, 2.24) is 0 Å². The van der Waals surface area contributed by atoms with Crippen LogP contribution < -0.4 is 0 Å². The second-order valence-corrected chi connectivity index (χ2v) is 5.42. The van der Waals surface area contributed by atoms with E-state index in [1.165, 1.54) is 6.07 Å². The zero-order valence-electron chi connectivity index (χ0n) is 10.0. The highest BCUT2D eigenvalue weighted by Crippen LogP contribution is 2.29. The van der Waals surface area contributed by atoms with E-state index < -0.39 is 4.92 Å². The number of hydrogen-bond acceptors (Lipinski definition) is 2. The molecule has 0 N–H and O–H groups in total. The van der Waals surface area contributed by atoms with Crippen LogP contribution in [0.2, 0.25) is 5.02 Å². The highest BCUT2D eigenvalue weighted by atomic mass is 35.5. The molecule has 0 bridgehead atoms. The van der Waals surface area contributed by atoms with Crippen molar-refractivity contribution >= 4 is 28.9 Å². The fraction of sp³-hybridized carbons (Fsp3) is 0.500. The number of benzene rings is 1. The zero-order valence-corrected chi connectivity index (χ0v) is 11.5. The van der Waals surface area contributed by atoms with Crippen LogP contribution in [0.3, 0.4) is 0 Å². The highest BCUT2D eigenvalue weighted by molar-refractivity contribution is 6.32. The standard InChI is InChI=1S/C12H15Cl2NO2/c1-7(2)10(13)5-9-6-11(14)12(15(16)17)4-8(9)3/h4,6-7,10H,5H2,1-3H3. The summed E-state index contributed by atoms with van der Waals surface area (Å²) in [5, 5.41) is 10.9. The molecule has 0 spiro atoms. The van der Waals surface area contributed by atoms with Gasteiger partial charge in [0.25, 0.3) is 5.69 Å². The molecule has 0 fully saturated rings. The van der Waals surface area contributed by atoms with Gasteiger partial charge in [0, 0.05) is 11.4 Å². The molecule has 5 heteroatoms. The summed E-state index contributed by atoms with van der Waals surface area (Å²) in [5.41, 5.74) is 1.77. The molecule has 0 radical (unpaired) electrons. The van der Waals surface area contributed by atoms with Gasteiger partial charge < -0.3 is 0 Å². The lowest BCUT2D eigenvalue weighted by atomic mass is 9.98. The van der Waals surface area contributed by atoms with E-state index in [-0.39, 0.29) is 16.1 Å². The Bertz CT molecular complexity index is 433. The fourth-order valence-corrected chi connectivity index (χ4v) is 1.93. The van der Waals surface area contributed by atoms with E-state index in [1.807, 2.05) is 20.8 Å². The third-order valence-corrected chi connectivity index (χ3v) is 3.70. The Morgan fingerprint density at radius 2 is 2.00 bits per heavy atom. The molecule has 94 valence electrons. The predicted molar refractivity (Wildman–Crippen MR) is 71.0 cm³/mol. The highest BCUT2D eigenvalue weighted by Gasteiger charge is 2.17. The Morgan fingerprint density at radius 1 is 1.41 bits per heavy atom. The van der Waals surface area contributed by atoms with E-state index in [2.05, 4.69) is 0 Å². The van der Waals surface area contributed by atoms with Gasteiger partial charge in [0.05, 0.1) is 4.92 Å². The van der Waals surface area contributed by atoms with Gasteiger partial charge >= 0.3 is 0 Å². The van der Waals surface area contributed by atoms with Crippen molar-refractivity contribution < 1.29 is 4.92 Å². The molecule has 17 heavy (non-hydrogen) atoms. The number of aryl methyl sites for hydroxylation is 1. The number of halogens is 2. The molecule has 0 heterocycles. The Hall–Kier alpha value is -0.800. The van der Waals surface area contributed by atoms with Gasteiger partial charge in [-0.1, -0.05) is 25.4 Å². The average molecular weight is 276 g/mol. The van der Waals surface area contributed by atoms with Crippen molar-refractivity contribution in [3.05, 3.63) is 38.4 Å². The number of rotatable bonds is 4. The Labute approximate surface area is 111 Å². The van der Waals surface area contributed by atoms with Crippen molar-refractivity contribution in [2.75, 3.05) is 0 Å². The molecule has 0 saturated heterocycles. The number of hydrogen-bond donors (Lipinski definition) is 0. The van der Waals surface area contributed by atoms with Crippen LogP contribution in [-0.4, -0.2) is 10.3 Å². The summed E-state index contributed by atoms with van der Waals surface area (Å²) in [6.45, 7) is 5.92. The van der Waals surface area contributed by atoms with Crippen molar-refractivity contribution in [3.63, 3.8) is 0 Å². The first kappa shape index (κ1) is 14.3. The predicted octanol–water partition coefficient (Wildman–Crippen LogP) is 4.36. The number of nitro benzene ring substituents is 1. The molecule has 1 atom stereocenters. The van der Waals surface area contributed by atoms with Crippen LogP contribution in [0.25, 0.3) is 0 Å². The molecule has 0 amide bonds. The Morgan fingerprint density at radius 3 is 2.47 bits per heavy atom. The summed E-state index contributed by atoms with van der Waals surface area (Å²) in [4.78, 5) is 10.2. The number of nitro groups is 1. The maximum Gasteiger partial charge on any atom is 0.288 e. The lowest BCUT2D eigenvalue weighted by Crippen LogP contribution is -2.12. The molecule has 0 aromatic heterocycles. The third kappa shape index (κ3) is 3.58. The second kappa shape index (κ2) is 5.69. The van der Waals surface area contributed by atoms with Crippen molar-refractivity contribution in [2.45, 2.75) is 32.6 Å². The van der Waals surface area contributed by atoms with Gasteiger partial charge in [0.15, 0.2) is 0 Å². The van der Waals surface area contributed by atoms with E-state index in [4.69, 9.17) is 23.2 Å². The maximum absolute atomic E-state index is 10.7. The zero-order chi connectivity index (χ0) is 13.2. The van der Waals surface area contributed by atoms with Crippen LogP contribution in [0, 0.1) is 23.0 Å². The number of nitrogens with zero attached hydrogens (tertiary/aromatic N) is 1. The van der Waals surface area contributed by atoms with E-state index in [0.717, 1.165) is 11.1 Å². The summed E-state index contributed by atoms with van der Waals surface area (Å²) in [6.07, 6.45) is 0.669. The first-order valence-electron chi connectivity index (χ1n) is 5.40. The van der Waals surface area contributed by atoms with Gasteiger partial charge in [-0.15, -0.1) is 11.6 Å². The minimum Gasteiger partial charge on any atom is -0.258 e.